The van der Waals surface area contributed by atoms with Gasteiger partial charge in [0, 0.05) is 19.6 Å². The molecule has 0 saturated carbocycles. The third-order valence-electron chi connectivity index (χ3n) is 3.07. The van der Waals surface area contributed by atoms with Crippen LogP contribution < -0.4 is 10.2 Å². The van der Waals surface area contributed by atoms with Crippen molar-refractivity contribution in [2.24, 2.45) is 0 Å². The van der Waals surface area contributed by atoms with Crippen molar-refractivity contribution in [3.63, 3.8) is 0 Å². The molecule has 1 saturated heterocycles. The number of nitrogens with one attached hydrogen (secondary N) is 1. The monoisotopic (exact) mass is 269 g/mol. The van der Waals surface area contributed by atoms with Crippen LogP contribution >= 0.6 is 11.6 Å². The maximum Gasteiger partial charge on any atom is 0.231 e. The molecule has 6 heteroatoms. The quantitative estimate of drug-likeness (QED) is 0.914. The Hall–Kier alpha value is -1.10. The summed E-state index contributed by atoms with van der Waals surface area (Å²) in [7, 11) is 0. The second kappa shape index (κ2) is 6.73. The average Bonchev–Trinajstić information content (AvgIpc) is 2.27. The summed E-state index contributed by atoms with van der Waals surface area (Å²) >= 11 is 5.95. The van der Waals surface area contributed by atoms with Crippen LogP contribution in [0.5, 0.6) is 0 Å². The van der Waals surface area contributed by atoms with Crippen molar-refractivity contribution in [2.45, 2.75) is 39.0 Å². The van der Waals surface area contributed by atoms with Gasteiger partial charge in [-0.25, -0.2) is 0 Å². The molecule has 18 heavy (non-hydrogen) atoms. The van der Waals surface area contributed by atoms with Gasteiger partial charge < -0.3 is 10.2 Å². The summed E-state index contributed by atoms with van der Waals surface area (Å²) in [5.41, 5.74) is 0. The van der Waals surface area contributed by atoms with Gasteiger partial charge >= 0.3 is 0 Å². The first-order chi connectivity index (χ1) is 8.79. The molecule has 0 unspecified atom stereocenters. The molecule has 1 aromatic heterocycles. The van der Waals surface area contributed by atoms with Gasteiger partial charge in [0.05, 0.1) is 0 Å². The van der Waals surface area contributed by atoms with E-state index in [1.54, 1.807) is 0 Å². The highest BCUT2D eigenvalue weighted by molar-refractivity contribution is 6.28. The summed E-state index contributed by atoms with van der Waals surface area (Å²) in [5.74, 6) is 1.27. The van der Waals surface area contributed by atoms with E-state index in [9.17, 15) is 0 Å². The van der Waals surface area contributed by atoms with Crippen LogP contribution in [0, 0.1) is 0 Å². The largest absolute Gasteiger partial charge is 0.354 e. The predicted octanol–water partition coefficient (Wildman–Crippen LogP) is 2.73. The zero-order valence-corrected chi connectivity index (χ0v) is 11.6. The molecular weight excluding hydrogens is 250 g/mol. The summed E-state index contributed by atoms with van der Waals surface area (Å²) in [6, 6.07) is 0. The average molecular weight is 270 g/mol. The van der Waals surface area contributed by atoms with E-state index < -0.39 is 0 Å². The van der Waals surface area contributed by atoms with Crippen molar-refractivity contribution in [3.05, 3.63) is 5.28 Å². The Morgan fingerprint density at radius 1 is 1.06 bits per heavy atom. The normalized spacial score (nSPS) is 17.1. The molecule has 2 heterocycles. The summed E-state index contributed by atoms with van der Waals surface area (Å²) < 4.78 is 0. The van der Waals surface area contributed by atoms with E-state index in [4.69, 9.17) is 11.6 Å². The van der Waals surface area contributed by atoms with E-state index in [1.807, 2.05) is 6.92 Å². The van der Waals surface area contributed by atoms with E-state index in [1.165, 1.54) is 32.1 Å². The number of aromatic nitrogens is 3. The second-order valence-electron chi connectivity index (χ2n) is 4.51. The lowest BCUT2D eigenvalue weighted by atomic mass is 10.1. The Morgan fingerprint density at radius 2 is 1.72 bits per heavy atom. The van der Waals surface area contributed by atoms with Gasteiger partial charge in [0.1, 0.15) is 0 Å². The molecular formula is C12H20ClN5. The SMILES string of the molecule is CCNc1nc(Cl)nc(N2CCCCCCC2)n1. The highest BCUT2D eigenvalue weighted by atomic mass is 35.5. The third kappa shape index (κ3) is 3.70. The van der Waals surface area contributed by atoms with E-state index in [2.05, 4.69) is 25.2 Å². The number of rotatable bonds is 3. The van der Waals surface area contributed by atoms with Crippen LogP contribution in [0.25, 0.3) is 0 Å². The van der Waals surface area contributed by atoms with Crippen molar-refractivity contribution < 1.29 is 0 Å². The first kappa shape index (κ1) is 13.3. The topological polar surface area (TPSA) is 53.9 Å². The van der Waals surface area contributed by atoms with Gasteiger partial charge in [-0.1, -0.05) is 19.3 Å². The fourth-order valence-electron chi connectivity index (χ4n) is 2.17. The Kier molecular flexibility index (Phi) is 4.99. The second-order valence-corrected chi connectivity index (χ2v) is 4.85. The van der Waals surface area contributed by atoms with Crippen LogP contribution in [0.2, 0.25) is 5.28 Å². The number of hydrogen-bond acceptors (Lipinski definition) is 5. The molecule has 1 N–H and O–H groups in total. The van der Waals surface area contributed by atoms with Crippen molar-refractivity contribution >= 4 is 23.5 Å². The number of halogens is 1. The first-order valence-corrected chi connectivity index (χ1v) is 7.08. The minimum atomic E-state index is 0.262. The van der Waals surface area contributed by atoms with Gasteiger partial charge in [-0.3, -0.25) is 0 Å². The van der Waals surface area contributed by atoms with E-state index in [0.29, 0.717) is 11.9 Å². The molecule has 0 aliphatic carbocycles. The molecule has 1 aliphatic heterocycles. The summed E-state index contributed by atoms with van der Waals surface area (Å²) in [6.45, 7) is 4.80. The maximum absolute atomic E-state index is 5.95. The van der Waals surface area contributed by atoms with Gasteiger partial charge in [0.15, 0.2) is 0 Å². The molecule has 0 spiro atoms. The van der Waals surface area contributed by atoms with Gasteiger partial charge in [0.2, 0.25) is 17.2 Å². The molecule has 0 atom stereocenters. The molecule has 1 fully saturated rings. The third-order valence-corrected chi connectivity index (χ3v) is 3.24. The zero-order valence-electron chi connectivity index (χ0n) is 10.8. The van der Waals surface area contributed by atoms with E-state index >= 15 is 0 Å². The Morgan fingerprint density at radius 3 is 2.39 bits per heavy atom. The fourth-order valence-corrected chi connectivity index (χ4v) is 2.32. The Bertz CT molecular complexity index is 377. The predicted molar refractivity (Wildman–Crippen MR) is 74.3 cm³/mol. The highest BCUT2D eigenvalue weighted by Gasteiger charge is 2.14. The molecule has 0 aromatic carbocycles. The van der Waals surface area contributed by atoms with E-state index in [0.717, 1.165) is 19.6 Å². The van der Waals surface area contributed by atoms with Crippen molar-refractivity contribution in [1.82, 2.24) is 15.0 Å². The summed E-state index contributed by atoms with van der Waals surface area (Å²) in [5, 5.41) is 3.34. The molecule has 0 radical (unpaired) electrons. The van der Waals surface area contributed by atoms with Crippen molar-refractivity contribution in [2.75, 3.05) is 29.9 Å². The van der Waals surface area contributed by atoms with Gasteiger partial charge in [-0.15, -0.1) is 0 Å². The summed E-state index contributed by atoms with van der Waals surface area (Å²) in [6.07, 6.45) is 6.30. The lowest BCUT2D eigenvalue weighted by Crippen LogP contribution is -2.29. The molecule has 2 rings (SSSR count). The highest BCUT2D eigenvalue weighted by Crippen LogP contribution is 2.18. The van der Waals surface area contributed by atoms with Crippen LogP contribution in [0.15, 0.2) is 0 Å². The molecule has 1 aliphatic rings. The molecule has 0 amide bonds. The van der Waals surface area contributed by atoms with Crippen LogP contribution in [-0.2, 0) is 0 Å². The molecule has 100 valence electrons. The fraction of sp³-hybridized carbons (Fsp3) is 0.750. The first-order valence-electron chi connectivity index (χ1n) is 6.70. The van der Waals surface area contributed by atoms with Gasteiger partial charge in [-0.2, -0.15) is 15.0 Å². The Balaban J connectivity index is 2.14. The molecule has 5 nitrogen and oxygen atoms in total. The number of anilines is 2. The maximum atomic E-state index is 5.95. The van der Waals surface area contributed by atoms with Gasteiger partial charge in [-0.05, 0) is 31.4 Å². The minimum absolute atomic E-state index is 0.262. The zero-order chi connectivity index (χ0) is 12.8. The smallest absolute Gasteiger partial charge is 0.231 e. The van der Waals surface area contributed by atoms with E-state index in [-0.39, 0.29) is 5.28 Å². The van der Waals surface area contributed by atoms with Crippen molar-refractivity contribution in [3.8, 4) is 0 Å². The van der Waals surface area contributed by atoms with Gasteiger partial charge in [0.25, 0.3) is 0 Å². The Labute approximate surface area is 113 Å². The minimum Gasteiger partial charge on any atom is -0.354 e. The molecule has 1 aromatic rings. The van der Waals surface area contributed by atoms with Crippen molar-refractivity contribution in [1.29, 1.82) is 0 Å². The van der Waals surface area contributed by atoms with Crippen LogP contribution in [0.1, 0.15) is 39.0 Å². The molecule has 0 bridgehead atoms. The van der Waals surface area contributed by atoms with Crippen LogP contribution in [0.3, 0.4) is 0 Å². The van der Waals surface area contributed by atoms with Crippen LogP contribution in [0.4, 0.5) is 11.9 Å². The van der Waals surface area contributed by atoms with Crippen LogP contribution in [-0.4, -0.2) is 34.6 Å². The lowest BCUT2D eigenvalue weighted by molar-refractivity contribution is 0.550. The number of nitrogens with zero attached hydrogens (tertiary/aromatic N) is 4. The lowest BCUT2D eigenvalue weighted by Gasteiger charge is -2.24. The standard InChI is InChI=1S/C12H20ClN5/c1-2-14-11-15-10(13)16-12(17-11)18-8-6-4-3-5-7-9-18/h2-9H2,1H3,(H,14,15,16,17). The number of hydrogen-bond donors (Lipinski definition) is 1. The summed E-state index contributed by atoms with van der Waals surface area (Å²) in [4.78, 5) is 15.0.